The Labute approximate surface area is 186 Å². The third-order valence-electron chi connectivity index (χ3n) is 5.00. The molecule has 4 rings (SSSR count). The third-order valence-corrected chi connectivity index (χ3v) is 5.90. The number of nitrogens with one attached hydrogen (secondary N) is 1. The van der Waals surface area contributed by atoms with Crippen LogP contribution in [-0.4, -0.2) is 25.1 Å². The van der Waals surface area contributed by atoms with Gasteiger partial charge in [-0.15, -0.1) is 0 Å². The Hall–Kier alpha value is -3.81. The van der Waals surface area contributed by atoms with Gasteiger partial charge >= 0.3 is 0 Å². The Balaban J connectivity index is 1.71. The van der Waals surface area contributed by atoms with Crippen molar-refractivity contribution >= 4 is 33.0 Å². The fourth-order valence-corrected chi connectivity index (χ4v) is 4.29. The summed E-state index contributed by atoms with van der Waals surface area (Å²) in [6, 6.07) is 26.8. The molecule has 0 radical (unpaired) electrons. The lowest BCUT2D eigenvalue weighted by atomic mass is 9.95. The number of rotatable bonds is 6. The second-order valence-electron chi connectivity index (χ2n) is 7.18. The molecule has 0 aromatic heterocycles. The molecular weight excluding hydrogens is 424 g/mol. The average molecular weight is 445 g/mol. The number of benzene rings is 4. The van der Waals surface area contributed by atoms with Gasteiger partial charge in [-0.3, -0.25) is 9.35 Å². The van der Waals surface area contributed by atoms with Gasteiger partial charge in [0.2, 0.25) is 5.91 Å². The first-order valence-corrected chi connectivity index (χ1v) is 11.3. The van der Waals surface area contributed by atoms with E-state index in [9.17, 15) is 17.8 Å². The molecule has 0 aliphatic rings. The van der Waals surface area contributed by atoms with Crippen LogP contribution in [0.25, 0.3) is 21.9 Å². The van der Waals surface area contributed by atoms with Crippen LogP contribution in [0.1, 0.15) is 11.1 Å². The maximum atomic E-state index is 12.2. The van der Waals surface area contributed by atoms with Crippen LogP contribution in [-0.2, 0) is 21.3 Å². The van der Waals surface area contributed by atoms with Crippen molar-refractivity contribution in [3.63, 3.8) is 0 Å². The van der Waals surface area contributed by atoms with E-state index in [2.05, 4.69) is 10.5 Å². The number of hydrogen-bond donors (Lipinski definition) is 2. The highest BCUT2D eigenvalue weighted by atomic mass is 32.2. The van der Waals surface area contributed by atoms with E-state index < -0.39 is 10.1 Å². The van der Waals surface area contributed by atoms with Gasteiger partial charge in [0.25, 0.3) is 10.1 Å². The van der Waals surface area contributed by atoms with Gasteiger partial charge in [0, 0.05) is 11.1 Å². The quantitative estimate of drug-likeness (QED) is 0.261. The number of carbonyl (C=O) groups is 1. The van der Waals surface area contributed by atoms with Crippen LogP contribution in [0.2, 0.25) is 0 Å². The monoisotopic (exact) mass is 444 g/mol. The zero-order valence-electron chi connectivity index (χ0n) is 17.0. The summed E-state index contributed by atoms with van der Waals surface area (Å²) in [6.07, 6.45) is 1.66. The molecule has 0 aliphatic carbocycles. The summed E-state index contributed by atoms with van der Waals surface area (Å²) in [5.41, 5.74) is 4.91. The third kappa shape index (κ3) is 4.74. The van der Waals surface area contributed by atoms with E-state index >= 15 is 0 Å². The topological polar surface area (TPSA) is 95.8 Å². The summed E-state index contributed by atoms with van der Waals surface area (Å²) in [4.78, 5) is 12.0. The van der Waals surface area contributed by atoms with E-state index in [0.717, 1.165) is 10.9 Å². The van der Waals surface area contributed by atoms with Crippen molar-refractivity contribution < 1.29 is 17.8 Å². The van der Waals surface area contributed by atoms with Crippen LogP contribution in [0, 0.1) is 0 Å². The molecule has 1 amide bonds. The molecule has 6 nitrogen and oxygen atoms in total. The van der Waals surface area contributed by atoms with Crippen LogP contribution >= 0.6 is 0 Å². The van der Waals surface area contributed by atoms with Crippen molar-refractivity contribution in [2.24, 2.45) is 5.10 Å². The molecular formula is C25H20N2O4S. The lowest BCUT2D eigenvalue weighted by molar-refractivity contribution is -0.120. The predicted molar refractivity (Wildman–Crippen MR) is 125 cm³/mol. The summed E-state index contributed by atoms with van der Waals surface area (Å²) in [5, 5.41) is 5.57. The van der Waals surface area contributed by atoms with Gasteiger partial charge < -0.3 is 0 Å². The fraction of sp³-hybridized carbons (Fsp3) is 0.0400. The molecule has 0 unspecified atom stereocenters. The lowest BCUT2D eigenvalue weighted by Crippen LogP contribution is -2.19. The molecule has 0 aliphatic heterocycles. The second-order valence-corrected chi connectivity index (χ2v) is 8.57. The molecule has 4 aromatic carbocycles. The fourth-order valence-electron chi connectivity index (χ4n) is 3.58. The summed E-state index contributed by atoms with van der Waals surface area (Å²) in [6.45, 7) is 0. The molecule has 2 N–H and O–H groups in total. The van der Waals surface area contributed by atoms with Gasteiger partial charge in [-0.05, 0) is 28.0 Å². The minimum absolute atomic E-state index is 0.190. The molecule has 0 saturated carbocycles. The molecule has 0 bridgehead atoms. The summed E-state index contributed by atoms with van der Waals surface area (Å²) < 4.78 is 34.1. The first-order valence-electron chi connectivity index (χ1n) is 9.88. The Kier molecular flexibility index (Phi) is 6.11. The predicted octanol–water partition coefficient (Wildman–Crippen LogP) is 4.45. The van der Waals surface area contributed by atoms with E-state index in [1.165, 1.54) is 12.3 Å². The zero-order valence-corrected chi connectivity index (χ0v) is 17.8. The van der Waals surface area contributed by atoms with E-state index in [0.29, 0.717) is 22.1 Å². The average Bonchev–Trinajstić information content (AvgIpc) is 2.79. The van der Waals surface area contributed by atoms with Gasteiger partial charge in [0.15, 0.2) is 0 Å². The first-order chi connectivity index (χ1) is 15.4. The number of hydrazone groups is 1. The van der Waals surface area contributed by atoms with Crippen LogP contribution in [0.15, 0.2) is 101 Å². The molecule has 0 saturated heterocycles. The molecule has 0 spiro atoms. The first kappa shape index (κ1) is 21.4. The minimum Gasteiger partial charge on any atom is -0.282 e. The molecule has 0 atom stereocenters. The van der Waals surface area contributed by atoms with E-state index in [1.54, 1.807) is 42.5 Å². The van der Waals surface area contributed by atoms with Crippen LogP contribution in [0.4, 0.5) is 0 Å². The molecule has 160 valence electrons. The van der Waals surface area contributed by atoms with Crippen LogP contribution in [0.5, 0.6) is 0 Å². The Bertz CT molecular complexity index is 1410. The maximum absolute atomic E-state index is 12.2. The SMILES string of the molecule is O=C(Cc1ccccc1)NN=Cc1ccccc1-c1c(S(=O)(=O)O)ccc2ccccc12. The van der Waals surface area contributed by atoms with Crippen molar-refractivity contribution in [2.45, 2.75) is 11.3 Å². The van der Waals surface area contributed by atoms with Crippen LogP contribution in [0.3, 0.4) is 0 Å². The molecule has 4 aromatic rings. The van der Waals surface area contributed by atoms with E-state index in [4.69, 9.17) is 0 Å². The van der Waals surface area contributed by atoms with Gasteiger partial charge in [-0.25, -0.2) is 5.43 Å². The van der Waals surface area contributed by atoms with Gasteiger partial charge in [-0.2, -0.15) is 13.5 Å². The minimum atomic E-state index is -4.47. The number of amides is 1. The number of fused-ring (bicyclic) bond motifs is 1. The molecule has 32 heavy (non-hydrogen) atoms. The highest BCUT2D eigenvalue weighted by molar-refractivity contribution is 7.86. The molecule has 0 fully saturated rings. The van der Waals surface area contributed by atoms with Crippen molar-refractivity contribution in [2.75, 3.05) is 0 Å². The zero-order chi connectivity index (χ0) is 22.6. The Morgan fingerprint density at radius 2 is 1.56 bits per heavy atom. The van der Waals surface area contributed by atoms with Crippen molar-refractivity contribution in [3.05, 3.63) is 102 Å². The van der Waals surface area contributed by atoms with Gasteiger partial charge in [-0.1, -0.05) is 84.9 Å². The molecule has 0 heterocycles. The van der Waals surface area contributed by atoms with Crippen molar-refractivity contribution in [1.82, 2.24) is 5.43 Å². The summed E-state index contributed by atoms with van der Waals surface area (Å²) in [5.74, 6) is -0.270. The van der Waals surface area contributed by atoms with Gasteiger partial charge in [0.1, 0.15) is 4.90 Å². The van der Waals surface area contributed by atoms with Crippen molar-refractivity contribution in [1.29, 1.82) is 0 Å². The highest BCUT2D eigenvalue weighted by Crippen LogP contribution is 2.36. The van der Waals surface area contributed by atoms with Crippen LogP contribution < -0.4 is 5.43 Å². The standard InChI is InChI=1S/C25H20N2O4S/c28-24(16-18-8-2-1-3-9-18)27-26-17-20-11-5-7-13-22(20)25-21-12-6-4-10-19(21)14-15-23(25)32(29,30)31/h1-15,17H,16H2,(H,27,28)(H,29,30,31). The van der Waals surface area contributed by atoms with E-state index in [1.807, 2.05) is 42.5 Å². The smallest absolute Gasteiger partial charge is 0.282 e. The summed E-state index contributed by atoms with van der Waals surface area (Å²) >= 11 is 0. The highest BCUT2D eigenvalue weighted by Gasteiger charge is 2.20. The number of hydrogen-bond acceptors (Lipinski definition) is 4. The number of carbonyl (C=O) groups excluding carboxylic acids is 1. The summed E-state index contributed by atoms with van der Waals surface area (Å²) in [7, 11) is -4.47. The number of nitrogens with zero attached hydrogens (tertiary/aromatic N) is 1. The maximum Gasteiger partial charge on any atom is 0.295 e. The molecule has 7 heteroatoms. The lowest BCUT2D eigenvalue weighted by Gasteiger charge is -2.14. The Morgan fingerprint density at radius 3 is 2.34 bits per heavy atom. The normalized spacial score (nSPS) is 11.7. The Morgan fingerprint density at radius 1 is 0.875 bits per heavy atom. The second kappa shape index (κ2) is 9.13. The van der Waals surface area contributed by atoms with Crippen molar-refractivity contribution in [3.8, 4) is 11.1 Å². The van der Waals surface area contributed by atoms with Gasteiger partial charge in [0.05, 0.1) is 12.6 Å². The largest absolute Gasteiger partial charge is 0.295 e. The van der Waals surface area contributed by atoms with E-state index in [-0.39, 0.29) is 17.2 Å².